The summed E-state index contributed by atoms with van der Waals surface area (Å²) < 4.78 is 5.41. The van der Waals surface area contributed by atoms with Gasteiger partial charge in [0.1, 0.15) is 0 Å². The first-order chi connectivity index (χ1) is 6.33. The molecule has 78 valence electrons. The summed E-state index contributed by atoms with van der Waals surface area (Å²) in [5.41, 5.74) is 5.47. The summed E-state index contributed by atoms with van der Waals surface area (Å²) in [5, 5.41) is 3.49. The van der Waals surface area contributed by atoms with Crippen LogP contribution in [0.4, 0.5) is 0 Å². The predicted octanol–water partition coefficient (Wildman–Crippen LogP) is 0.740. The molecule has 0 radical (unpaired) electrons. The molecule has 3 heteroatoms. The molecule has 1 saturated heterocycles. The van der Waals surface area contributed by atoms with E-state index in [2.05, 4.69) is 12.2 Å². The first-order valence-corrected chi connectivity index (χ1v) is 5.34. The second-order valence-electron chi connectivity index (χ2n) is 3.97. The maximum Gasteiger partial charge on any atom is 0.0506 e. The van der Waals surface area contributed by atoms with Crippen molar-refractivity contribution in [1.29, 1.82) is 0 Å². The molecule has 3 N–H and O–H groups in total. The molecule has 2 atom stereocenters. The zero-order valence-electron chi connectivity index (χ0n) is 8.59. The van der Waals surface area contributed by atoms with Crippen LogP contribution in [0.2, 0.25) is 0 Å². The smallest absolute Gasteiger partial charge is 0.0506 e. The summed E-state index contributed by atoms with van der Waals surface area (Å²) >= 11 is 0. The monoisotopic (exact) mass is 186 g/mol. The summed E-state index contributed by atoms with van der Waals surface area (Å²) in [7, 11) is 0. The fourth-order valence-corrected chi connectivity index (χ4v) is 1.69. The van der Waals surface area contributed by atoms with Gasteiger partial charge in [0.2, 0.25) is 0 Å². The van der Waals surface area contributed by atoms with Crippen molar-refractivity contribution in [2.45, 2.75) is 32.2 Å². The van der Waals surface area contributed by atoms with Crippen molar-refractivity contribution in [3.63, 3.8) is 0 Å². The van der Waals surface area contributed by atoms with E-state index in [0.29, 0.717) is 12.0 Å². The third-order valence-electron chi connectivity index (χ3n) is 2.61. The van der Waals surface area contributed by atoms with Crippen molar-refractivity contribution < 1.29 is 4.74 Å². The van der Waals surface area contributed by atoms with Crippen LogP contribution in [0.1, 0.15) is 26.2 Å². The predicted molar refractivity (Wildman–Crippen MR) is 54.7 cm³/mol. The van der Waals surface area contributed by atoms with Crippen molar-refractivity contribution in [1.82, 2.24) is 5.32 Å². The molecule has 2 unspecified atom stereocenters. The van der Waals surface area contributed by atoms with Gasteiger partial charge in [-0.2, -0.15) is 0 Å². The molecule has 1 heterocycles. The minimum absolute atomic E-state index is 0.548. The van der Waals surface area contributed by atoms with Crippen LogP contribution in [-0.2, 0) is 4.74 Å². The Kier molecular flexibility index (Phi) is 5.35. The SMILES string of the molecule is CC(CCN)NCC1CCCOC1. The lowest BCUT2D eigenvalue weighted by atomic mass is 10.0. The van der Waals surface area contributed by atoms with Gasteiger partial charge < -0.3 is 15.8 Å². The van der Waals surface area contributed by atoms with Crippen LogP contribution >= 0.6 is 0 Å². The zero-order valence-corrected chi connectivity index (χ0v) is 8.59. The van der Waals surface area contributed by atoms with Gasteiger partial charge in [-0.3, -0.25) is 0 Å². The topological polar surface area (TPSA) is 47.3 Å². The molecule has 0 bridgehead atoms. The van der Waals surface area contributed by atoms with Gasteiger partial charge in [-0.25, -0.2) is 0 Å². The van der Waals surface area contributed by atoms with E-state index in [1.165, 1.54) is 12.8 Å². The van der Waals surface area contributed by atoms with Crippen LogP contribution in [0.25, 0.3) is 0 Å². The van der Waals surface area contributed by atoms with Gasteiger partial charge in [-0.15, -0.1) is 0 Å². The summed E-state index contributed by atoms with van der Waals surface area (Å²) in [6.45, 7) is 5.93. The zero-order chi connectivity index (χ0) is 9.52. The molecular formula is C10H22N2O. The molecule has 0 aromatic carbocycles. The van der Waals surface area contributed by atoms with Gasteiger partial charge >= 0.3 is 0 Å². The van der Waals surface area contributed by atoms with Crippen LogP contribution in [0.5, 0.6) is 0 Å². The Labute approximate surface area is 81.0 Å². The summed E-state index contributed by atoms with van der Waals surface area (Å²) in [6, 6.07) is 0.548. The second kappa shape index (κ2) is 6.35. The minimum atomic E-state index is 0.548. The van der Waals surface area contributed by atoms with E-state index in [1.54, 1.807) is 0 Å². The highest BCUT2D eigenvalue weighted by Crippen LogP contribution is 2.12. The standard InChI is InChI=1S/C10H22N2O/c1-9(4-5-11)12-7-10-3-2-6-13-8-10/h9-10,12H,2-8,11H2,1H3. The van der Waals surface area contributed by atoms with Crippen LogP contribution in [0.15, 0.2) is 0 Å². The third kappa shape index (κ3) is 4.60. The van der Waals surface area contributed by atoms with E-state index in [4.69, 9.17) is 10.5 Å². The minimum Gasteiger partial charge on any atom is -0.381 e. The maximum absolute atomic E-state index is 5.47. The number of ether oxygens (including phenoxy) is 1. The number of nitrogens with one attached hydrogen (secondary N) is 1. The van der Waals surface area contributed by atoms with Gasteiger partial charge in [0.05, 0.1) is 6.61 Å². The number of hydrogen-bond donors (Lipinski definition) is 2. The largest absolute Gasteiger partial charge is 0.381 e. The van der Waals surface area contributed by atoms with E-state index in [1.807, 2.05) is 0 Å². The van der Waals surface area contributed by atoms with Crippen molar-refractivity contribution >= 4 is 0 Å². The third-order valence-corrected chi connectivity index (χ3v) is 2.61. The molecule has 0 aromatic rings. The lowest BCUT2D eigenvalue weighted by Crippen LogP contribution is -2.35. The molecule has 1 rings (SSSR count). The maximum atomic E-state index is 5.47. The number of hydrogen-bond acceptors (Lipinski definition) is 3. The molecule has 0 amide bonds. The molecule has 0 spiro atoms. The molecular weight excluding hydrogens is 164 g/mol. The molecule has 0 aromatic heterocycles. The number of nitrogens with two attached hydrogens (primary N) is 1. The Morgan fingerprint density at radius 1 is 1.62 bits per heavy atom. The van der Waals surface area contributed by atoms with Gasteiger partial charge in [-0.05, 0) is 38.6 Å². The van der Waals surface area contributed by atoms with Gasteiger partial charge in [0.15, 0.2) is 0 Å². The average Bonchev–Trinajstić information content (AvgIpc) is 2.17. The Bertz CT molecular complexity index is 124. The Morgan fingerprint density at radius 3 is 3.08 bits per heavy atom. The molecule has 1 fully saturated rings. The van der Waals surface area contributed by atoms with Crippen molar-refractivity contribution in [2.75, 3.05) is 26.3 Å². The van der Waals surface area contributed by atoms with E-state index in [0.717, 1.165) is 32.7 Å². The van der Waals surface area contributed by atoms with Gasteiger partial charge in [0, 0.05) is 19.2 Å². The van der Waals surface area contributed by atoms with Gasteiger partial charge in [0.25, 0.3) is 0 Å². The highest BCUT2D eigenvalue weighted by molar-refractivity contribution is 4.69. The lowest BCUT2D eigenvalue weighted by Gasteiger charge is -2.24. The van der Waals surface area contributed by atoms with Crippen LogP contribution in [0.3, 0.4) is 0 Å². The molecule has 1 aliphatic rings. The molecule has 1 aliphatic heterocycles. The van der Waals surface area contributed by atoms with Crippen molar-refractivity contribution in [2.24, 2.45) is 11.7 Å². The van der Waals surface area contributed by atoms with Gasteiger partial charge in [-0.1, -0.05) is 0 Å². The molecule has 3 nitrogen and oxygen atoms in total. The fraction of sp³-hybridized carbons (Fsp3) is 1.00. The summed E-state index contributed by atoms with van der Waals surface area (Å²) in [6.07, 6.45) is 3.59. The van der Waals surface area contributed by atoms with E-state index < -0.39 is 0 Å². The van der Waals surface area contributed by atoms with E-state index >= 15 is 0 Å². The number of rotatable bonds is 5. The second-order valence-corrected chi connectivity index (χ2v) is 3.97. The summed E-state index contributed by atoms with van der Waals surface area (Å²) in [4.78, 5) is 0. The van der Waals surface area contributed by atoms with Crippen molar-refractivity contribution in [3.8, 4) is 0 Å². The first-order valence-electron chi connectivity index (χ1n) is 5.34. The molecule has 0 saturated carbocycles. The van der Waals surface area contributed by atoms with Crippen LogP contribution in [0, 0.1) is 5.92 Å². The molecule has 0 aliphatic carbocycles. The normalized spacial score (nSPS) is 25.8. The average molecular weight is 186 g/mol. The lowest BCUT2D eigenvalue weighted by molar-refractivity contribution is 0.0539. The van der Waals surface area contributed by atoms with Crippen LogP contribution in [-0.4, -0.2) is 32.3 Å². The highest BCUT2D eigenvalue weighted by atomic mass is 16.5. The van der Waals surface area contributed by atoms with E-state index in [9.17, 15) is 0 Å². The fourth-order valence-electron chi connectivity index (χ4n) is 1.69. The molecule has 13 heavy (non-hydrogen) atoms. The Balaban J connectivity index is 2.03. The highest BCUT2D eigenvalue weighted by Gasteiger charge is 2.13. The Hall–Kier alpha value is -0.120. The summed E-state index contributed by atoms with van der Waals surface area (Å²) in [5.74, 6) is 0.717. The quantitative estimate of drug-likeness (QED) is 0.666. The van der Waals surface area contributed by atoms with Crippen LogP contribution < -0.4 is 11.1 Å². The van der Waals surface area contributed by atoms with E-state index in [-0.39, 0.29) is 0 Å². The Morgan fingerprint density at radius 2 is 2.46 bits per heavy atom. The first kappa shape index (κ1) is 11.0. The van der Waals surface area contributed by atoms with Crippen molar-refractivity contribution in [3.05, 3.63) is 0 Å².